The molecule has 1 aromatic carbocycles. The molecule has 0 unspecified atom stereocenters. The van der Waals surface area contributed by atoms with Crippen molar-refractivity contribution in [2.24, 2.45) is 7.05 Å². The van der Waals surface area contributed by atoms with Crippen molar-refractivity contribution >= 4 is 15.9 Å². The van der Waals surface area contributed by atoms with Crippen molar-refractivity contribution < 1.29 is 0 Å². The van der Waals surface area contributed by atoms with E-state index in [1.165, 1.54) is 5.56 Å². The molecule has 0 N–H and O–H groups in total. The normalized spacial score (nSPS) is 10.6. The molecule has 0 fully saturated rings. The van der Waals surface area contributed by atoms with E-state index in [0.717, 1.165) is 22.5 Å². The summed E-state index contributed by atoms with van der Waals surface area (Å²) in [7, 11) is 1.99. The number of benzene rings is 1. The summed E-state index contributed by atoms with van der Waals surface area (Å²) < 4.78 is 3.13. The van der Waals surface area contributed by atoms with Crippen molar-refractivity contribution in [1.29, 1.82) is 0 Å². The monoisotopic (exact) mass is 265 g/mol. The van der Waals surface area contributed by atoms with E-state index < -0.39 is 0 Å². The van der Waals surface area contributed by atoms with Crippen LogP contribution < -0.4 is 0 Å². The van der Waals surface area contributed by atoms with Crippen LogP contribution in [0.4, 0.5) is 0 Å². The Hall–Kier alpha value is -1.16. The van der Waals surface area contributed by atoms with E-state index in [1.54, 1.807) is 0 Å². The molecular weight excluding hydrogens is 254 g/mol. The fourth-order valence-corrected chi connectivity index (χ4v) is 1.84. The van der Waals surface area contributed by atoms with Gasteiger partial charge >= 0.3 is 0 Å². The number of halogens is 1. The minimum Gasteiger partial charge on any atom is -0.318 e. The molecule has 0 saturated heterocycles. The van der Waals surface area contributed by atoms with Crippen molar-refractivity contribution in [3.8, 4) is 0 Å². The standard InChI is InChI=1S/C11H12BrN3/c1-8-13-14-11(15(8)2)7-9-5-3-4-6-10(9)12/h3-6H,7H2,1-2H3. The Labute approximate surface area is 97.3 Å². The van der Waals surface area contributed by atoms with Crippen LogP contribution in [0.3, 0.4) is 0 Å². The van der Waals surface area contributed by atoms with Gasteiger partial charge in [0, 0.05) is 17.9 Å². The second-order valence-electron chi connectivity index (χ2n) is 3.49. The first kappa shape index (κ1) is 10.4. The third kappa shape index (κ3) is 2.09. The van der Waals surface area contributed by atoms with Crippen LogP contribution in [0.15, 0.2) is 28.7 Å². The van der Waals surface area contributed by atoms with Crippen molar-refractivity contribution in [1.82, 2.24) is 14.8 Å². The molecule has 2 rings (SSSR count). The number of hydrogen-bond donors (Lipinski definition) is 0. The van der Waals surface area contributed by atoms with Gasteiger partial charge in [-0.1, -0.05) is 34.1 Å². The lowest BCUT2D eigenvalue weighted by atomic mass is 10.1. The number of aryl methyl sites for hydroxylation is 1. The van der Waals surface area contributed by atoms with Crippen LogP contribution in [-0.2, 0) is 13.5 Å². The van der Waals surface area contributed by atoms with E-state index in [1.807, 2.05) is 36.7 Å². The maximum atomic E-state index is 4.14. The minimum atomic E-state index is 0.804. The first-order chi connectivity index (χ1) is 7.18. The quantitative estimate of drug-likeness (QED) is 0.836. The molecule has 0 amide bonds. The van der Waals surface area contributed by atoms with E-state index in [0.29, 0.717) is 0 Å². The third-order valence-corrected chi connectivity index (χ3v) is 3.26. The lowest BCUT2D eigenvalue weighted by Crippen LogP contribution is -2.01. The number of aromatic nitrogens is 3. The molecule has 78 valence electrons. The average molecular weight is 266 g/mol. The summed E-state index contributed by atoms with van der Waals surface area (Å²) in [6.45, 7) is 1.95. The van der Waals surface area contributed by atoms with Crippen molar-refractivity contribution in [2.45, 2.75) is 13.3 Å². The summed E-state index contributed by atoms with van der Waals surface area (Å²) in [6, 6.07) is 8.17. The largest absolute Gasteiger partial charge is 0.318 e. The van der Waals surface area contributed by atoms with Crippen LogP contribution in [0.2, 0.25) is 0 Å². The second kappa shape index (κ2) is 4.14. The van der Waals surface area contributed by atoms with E-state index in [2.05, 4.69) is 32.2 Å². The molecule has 0 spiro atoms. The van der Waals surface area contributed by atoms with Gasteiger partial charge in [-0.3, -0.25) is 0 Å². The number of hydrogen-bond acceptors (Lipinski definition) is 2. The molecule has 0 atom stereocenters. The van der Waals surface area contributed by atoms with E-state index >= 15 is 0 Å². The van der Waals surface area contributed by atoms with Crippen molar-refractivity contribution in [3.63, 3.8) is 0 Å². The molecule has 3 nitrogen and oxygen atoms in total. The zero-order valence-corrected chi connectivity index (χ0v) is 10.3. The maximum absolute atomic E-state index is 4.14. The zero-order chi connectivity index (χ0) is 10.8. The summed E-state index contributed by atoms with van der Waals surface area (Å²) in [5.74, 6) is 1.93. The molecule has 4 heteroatoms. The van der Waals surface area contributed by atoms with E-state index in [4.69, 9.17) is 0 Å². The van der Waals surface area contributed by atoms with Gasteiger partial charge in [0.25, 0.3) is 0 Å². The van der Waals surface area contributed by atoms with Crippen LogP contribution in [0, 0.1) is 6.92 Å². The summed E-state index contributed by atoms with van der Waals surface area (Å²) in [5, 5.41) is 8.18. The van der Waals surface area contributed by atoms with Gasteiger partial charge < -0.3 is 4.57 Å². The third-order valence-electron chi connectivity index (χ3n) is 2.49. The molecular formula is C11H12BrN3. The number of nitrogens with zero attached hydrogens (tertiary/aromatic N) is 3. The van der Waals surface area contributed by atoms with Crippen molar-refractivity contribution in [3.05, 3.63) is 46.0 Å². The fourth-order valence-electron chi connectivity index (χ4n) is 1.42. The molecule has 0 aliphatic heterocycles. The Kier molecular flexibility index (Phi) is 2.86. The van der Waals surface area contributed by atoms with Crippen LogP contribution in [0.1, 0.15) is 17.2 Å². The van der Waals surface area contributed by atoms with Crippen LogP contribution in [0.5, 0.6) is 0 Å². The van der Waals surface area contributed by atoms with Crippen LogP contribution in [0.25, 0.3) is 0 Å². The molecule has 2 aromatic rings. The van der Waals surface area contributed by atoms with E-state index in [-0.39, 0.29) is 0 Å². The second-order valence-corrected chi connectivity index (χ2v) is 4.34. The summed E-state index contributed by atoms with van der Waals surface area (Å²) in [5.41, 5.74) is 1.23. The van der Waals surface area contributed by atoms with Gasteiger partial charge in [-0.25, -0.2) is 0 Å². The van der Waals surface area contributed by atoms with E-state index in [9.17, 15) is 0 Å². The lowest BCUT2D eigenvalue weighted by Gasteiger charge is -2.03. The minimum absolute atomic E-state index is 0.804. The van der Waals surface area contributed by atoms with Crippen molar-refractivity contribution in [2.75, 3.05) is 0 Å². The fraction of sp³-hybridized carbons (Fsp3) is 0.273. The zero-order valence-electron chi connectivity index (χ0n) is 8.74. The molecule has 0 aliphatic rings. The molecule has 15 heavy (non-hydrogen) atoms. The smallest absolute Gasteiger partial charge is 0.137 e. The van der Waals surface area contributed by atoms with Gasteiger partial charge in [0.05, 0.1) is 0 Å². The Morgan fingerprint density at radius 1 is 1.27 bits per heavy atom. The van der Waals surface area contributed by atoms with Gasteiger partial charge in [-0.05, 0) is 18.6 Å². The van der Waals surface area contributed by atoms with Crippen LogP contribution in [-0.4, -0.2) is 14.8 Å². The Balaban J connectivity index is 2.30. The molecule has 0 saturated carbocycles. The SMILES string of the molecule is Cc1nnc(Cc2ccccc2Br)n1C. The maximum Gasteiger partial charge on any atom is 0.137 e. The van der Waals surface area contributed by atoms with Gasteiger partial charge in [0.1, 0.15) is 11.6 Å². The van der Waals surface area contributed by atoms with Gasteiger partial charge in [0.2, 0.25) is 0 Å². The highest BCUT2D eigenvalue weighted by atomic mass is 79.9. The molecule has 0 radical (unpaired) electrons. The summed E-state index contributed by atoms with van der Waals surface area (Å²) in [6.07, 6.45) is 0.804. The highest BCUT2D eigenvalue weighted by Gasteiger charge is 2.07. The highest BCUT2D eigenvalue weighted by Crippen LogP contribution is 2.18. The topological polar surface area (TPSA) is 30.7 Å². The molecule has 1 heterocycles. The lowest BCUT2D eigenvalue weighted by molar-refractivity contribution is 0.795. The first-order valence-electron chi connectivity index (χ1n) is 4.77. The summed E-state index contributed by atoms with van der Waals surface area (Å²) >= 11 is 3.53. The van der Waals surface area contributed by atoms with Gasteiger partial charge in [0.15, 0.2) is 0 Å². The van der Waals surface area contributed by atoms with Crippen LogP contribution >= 0.6 is 15.9 Å². The Bertz CT molecular complexity index is 476. The first-order valence-corrected chi connectivity index (χ1v) is 5.56. The average Bonchev–Trinajstić information content (AvgIpc) is 2.53. The number of rotatable bonds is 2. The Morgan fingerprint density at radius 2 is 2.00 bits per heavy atom. The molecule has 1 aromatic heterocycles. The highest BCUT2D eigenvalue weighted by molar-refractivity contribution is 9.10. The summed E-state index contributed by atoms with van der Waals surface area (Å²) in [4.78, 5) is 0. The molecule has 0 bridgehead atoms. The van der Waals surface area contributed by atoms with Gasteiger partial charge in [-0.15, -0.1) is 10.2 Å². The van der Waals surface area contributed by atoms with Gasteiger partial charge in [-0.2, -0.15) is 0 Å². The Morgan fingerprint density at radius 3 is 2.60 bits per heavy atom. The molecule has 0 aliphatic carbocycles. The predicted octanol–water partition coefficient (Wildman–Crippen LogP) is 2.48. The predicted molar refractivity (Wildman–Crippen MR) is 62.7 cm³/mol.